The molecule has 0 heterocycles. The molecule has 0 unspecified atom stereocenters. The highest BCUT2D eigenvalue weighted by atomic mass is 32.2. The molecular formula is C14H18N2O3S. The van der Waals surface area contributed by atoms with Gasteiger partial charge in [0.1, 0.15) is 0 Å². The average Bonchev–Trinajstić information content (AvgIpc) is 3.19. The lowest BCUT2D eigenvalue weighted by molar-refractivity contribution is 0.0697. The Hall–Kier alpha value is -1.69. The van der Waals surface area contributed by atoms with Crippen molar-refractivity contribution in [3.63, 3.8) is 0 Å². The molecule has 1 fully saturated rings. The number of carboxylic acids is 1. The number of nitrogens with one attached hydrogen (secondary N) is 2. The summed E-state index contributed by atoms with van der Waals surface area (Å²) in [5, 5.41) is 14.5. The van der Waals surface area contributed by atoms with Crippen molar-refractivity contribution in [2.45, 2.75) is 24.5 Å². The van der Waals surface area contributed by atoms with Gasteiger partial charge < -0.3 is 15.7 Å². The van der Waals surface area contributed by atoms with Gasteiger partial charge in [0.05, 0.1) is 5.56 Å². The fraction of sp³-hybridized carbons (Fsp3) is 0.429. The molecule has 1 saturated carbocycles. The summed E-state index contributed by atoms with van der Waals surface area (Å²) in [5.41, 5.74) is 1.57. The Morgan fingerprint density at radius 1 is 1.40 bits per heavy atom. The molecule has 2 amide bonds. The first-order chi connectivity index (χ1) is 9.46. The number of amides is 2. The SMILES string of the molecule is CSC1(CNC(=O)Nc2ccc(C(=O)O)cc2C)CC1. The molecule has 0 aromatic heterocycles. The summed E-state index contributed by atoms with van der Waals surface area (Å²) >= 11 is 1.79. The molecule has 108 valence electrons. The summed E-state index contributed by atoms with van der Waals surface area (Å²) in [6.07, 6.45) is 4.34. The van der Waals surface area contributed by atoms with Gasteiger partial charge in [-0.3, -0.25) is 0 Å². The molecule has 6 heteroatoms. The van der Waals surface area contributed by atoms with Crippen molar-refractivity contribution < 1.29 is 14.7 Å². The van der Waals surface area contributed by atoms with E-state index in [-0.39, 0.29) is 16.3 Å². The average molecular weight is 294 g/mol. The number of benzene rings is 1. The first-order valence-electron chi connectivity index (χ1n) is 6.40. The molecule has 0 spiro atoms. The van der Waals surface area contributed by atoms with Crippen LogP contribution in [0.25, 0.3) is 0 Å². The summed E-state index contributed by atoms with van der Waals surface area (Å²) in [5.74, 6) is -0.972. The maximum absolute atomic E-state index is 11.8. The normalized spacial score (nSPS) is 15.5. The van der Waals surface area contributed by atoms with Gasteiger partial charge in [-0.2, -0.15) is 11.8 Å². The summed E-state index contributed by atoms with van der Waals surface area (Å²) in [6, 6.07) is 4.38. The van der Waals surface area contributed by atoms with Crippen molar-refractivity contribution >= 4 is 29.4 Å². The van der Waals surface area contributed by atoms with Gasteiger partial charge in [-0.05, 0) is 49.8 Å². The van der Waals surface area contributed by atoms with Gasteiger partial charge in [-0.25, -0.2) is 9.59 Å². The molecule has 0 bridgehead atoms. The van der Waals surface area contributed by atoms with E-state index >= 15 is 0 Å². The molecule has 0 saturated heterocycles. The van der Waals surface area contributed by atoms with Gasteiger partial charge in [-0.15, -0.1) is 0 Å². The second-order valence-electron chi connectivity index (χ2n) is 5.03. The van der Waals surface area contributed by atoms with Crippen molar-refractivity contribution in [2.75, 3.05) is 18.1 Å². The Labute approximate surface area is 122 Å². The van der Waals surface area contributed by atoms with Gasteiger partial charge in [0, 0.05) is 17.0 Å². The molecule has 0 radical (unpaired) electrons. The number of anilines is 1. The zero-order chi connectivity index (χ0) is 14.8. The number of carboxylic acid groups (broad SMARTS) is 1. The standard InChI is InChI=1S/C14H18N2O3S/c1-9-7-10(12(17)18)3-4-11(9)16-13(19)15-8-14(20-2)5-6-14/h3-4,7H,5-6,8H2,1-2H3,(H,17,18)(H2,15,16,19). The fourth-order valence-corrected chi connectivity index (χ4v) is 2.66. The Kier molecular flexibility index (Phi) is 4.23. The summed E-state index contributed by atoms with van der Waals surface area (Å²) < 4.78 is 0.222. The highest BCUT2D eigenvalue weighted by Crippen LogP contribution is 2.46. The number of aryl methyl sites for hydroxylation is 1. The number of aromatic carboxylic acids is 1. The third-order valence-corrected chi connectivity index (χ3v) is 4.95. The van der Waals surface area contributed by atoms with Gasteiger partial charge in [0.25, 0.3) is 0 Å². The Balaban J connectivity index is 1.92. The van der Waals surface area contributed by atoms with Crippen molar-refractivity contribution in [1.29, 1.82) is 0 Å². The van der Waals surface area contributed by atoms with E-state index in [9.17, 15) is 9.59 Å². The van der Waals surface area contributed by atoms with Crippen LogP contribution in [0.15, 0.2) is 18.2 Å². The molecule has 5 nitrogen and oxygen atoms in total. The Morgan fingerprint density at radius 3 is 2.60 bits per heavy atom. The monoisotopic (exact) mass is 294 g/mol. The van der Waals surface area contributed by atoms with E-state index in [2.05, 4.69) is 16.9 Å². The first kappa shape index (κ1) is 14.7. The van der Waals surface area contributed by atoms with E-state index in [0.29, 0.717) is 12.2 Å². The minimum absolute atomic E-state index is 0.216. The Bertz CT molecular complexity index is 541. The van der Waals surface area contributed by atoms with Crippen LogP contribution in [0.5, 0.6) is 0 Å². The van der Waals surface area contributed by atoms with Crippen LogP contribution in [0.1, 0.15) is 28.8 Å². The molecule has 3 N–H and O–H groups in total. The molecule has 1 aliphatic rings. The zero-order valence-electron chi connectivity index (χ0n) is 11.5. The molecule has 0 aliphatic heterocycles. The largest absolute Gasteiger partial charge is 0.478 e. The van der Waals surface area contributed by atoms with Gasteiger partial charge in [-0.1, -0.05) is 0 Å². The van der Waals surface area contributed by atoms with E-state index in [1.54, 1.807) is 30.8 Å². The minimum atomic E-state index is -0.972. The van der Waals surface area contributed by atoms with Crippen LogP contribution in [0.2, 0.25) is 0 Å². The molecule has 1 aromatic rings. The van der Waals surface area contributed by atoms with E-state index in [1.165, 1.54) is 6.07 Å². The number of thioether (sulfide) groups is 1. The number of hydrogen-bond acceptors (Lipinski definition) is 3. The third-order valence-electron chi connectivity index (χ3n) is 3.53. The lowest BCUT2D eigenvalue weighted by atomic mass is 10.1. The van der Waals surface area contributed by atoms with Crippen molar-refractivity contribution in [2.24, 2.45) is 0 Å². The number of urea groups is 1. The minimum Gasteiger partial charge on any atom is -0.478 e. The van der Waals surface area contributed by atoms with Crippen LogP contribution < -0.4 is 10.6 Å². The van der Waals surface area contributed by atoms with Crippen LogP contribution in [-0.2, 0) is 0 Å². The zero-order valence-corrected chi connectivity index (χ0v) is 12.3. The lowest BCUT2D eigenvalue weighted by Gasteiger charge is -2.14. The number of rotatable bonds is 5. The van der Waals surface area contributed by atoms with Crippen LogP contribution in [0.3, 0.4) is 0 Å². The summed E-state index contributed by atoms with van der Waals surface area (Å²) in [4.78, 5) is 22.7. The van der Waals surface area contributed by atoms with Gasteiger partial charge >= 0.3 is 12.0 Å². The van der Waals surface area contributed by atoms with Gasteiger partial charge in [0.2, 0.25) is 0 Å². The third kappa shape index (κ3) is 3.45. The molecule has 0 atom stereocenters. The maximum atomic E-state index is 11.8. The van der Waals surface area contributed by atoms with Crippen molar-refractivity contribution in [3.05, 3.63) is 29.3 Å². The van der Waals surface area contributed by atoms with Crippen LogP contribution >= 0.6 is 11.8 Å². The Morgan fingerprint density at radius 2 is 2.10 bits per heavy atom. The maximum Gasteiger partial charge on any atom is 0.335 e. The van der Waals surface area contributed by atoms with E-state index in [0.717, 1.165) is 18.4 Å². The van der Waals surface area contributed by atoms with E-state index in [1.807, 2.05) is 0 Å². The second kappa shape index (κ2) is 5.75. The van der Waals surface area contributed by atoms with E-state index in [4.69, 9.17) is 5.11 Å². The predicted molar refractivity (Wildman–Crippen MR) is 80.6 cm³/mol. The molecule has 20 heavy (non-hydrogen) atoms. The quantitative estimate of drug-likeness (QED) is 0.780. The van der Waals surface area contributed by atoms with Crippen LogP contribution in [0.4, 0.5) is 10.5 Å². The second-order valence-corrected chi connectivity index (χ2v) is 6.30. The lowest BCUT2D eigenvalue weighted by Crippen LogP contribution is -2.35. The van der Waals surface area contributed by atoms with Crippen LogP contribution in [-0.4, -0.2) is 34.7 Å². The molecular weight excluding hydrogens is 276 g/mol. The highest BCUT2D eigenvalue weighted by Gasteiger charge is 2.41. The molecule has 2 rings (SSSR count). The first-order valence-corrected chi connectivity index (χ1v) is 7.62. The van der Waals surface area contributed by atoms with Crippen LogP contribution in [0, 0.1) is 6.92 Å². The predicted octanol–water partition coefficient (Wildman–Crippen LogP) is 2.71. The number of carbonyl (C=O) groups is 2. The van der Waals surface area contributed by atoms with Gasteiger partial charge in [0.15, 0.2) is 0 Å². The summed E-state index contributed by atoms with van der Waals surface area (Å²) in [7, 11) is 0. The number of hydrogen-bond donors (Lipinski definition) is 3. The topological polar surface area (TPSA) is 78.4 Å². The van der Waals surface area contributed by atoms with E-state index < -0.39 is 5.97 Å². The fourth-order valence-electron chi connectivity index (χ4n) is 1.94. The molecule has 1 aliphatic carbocycles. The summed E-state index contributed by atoms with van der Waals surface area (Å²) in [6.45, 7) is 2.43. The smallest absolute Gasteiger partial charge is 0.335 e. The number of carbonyl (C=O) groups excluding carboxylic acids is 1. The molecule has 1 aromatic carbocycles. The van der Waals surface area contributed by atoms with Crippen molar-refractivity contribution in [3.8, 4) is 0 Å². The highest BCUT2D eigenvalue weighted by molar-refractivity contribution is 8.00. The van der Waals surface area contributed by atoms with Crippen molar-refractivity contribution in [1.82, 2.24) is 5.32 Å².